The Bertz CT molecular complexity index is 540. The highest BCUT2D eigenvalue weighted by Gasteiger charge is 2.32. The van der Waals surface area contributed by atoms with Gasteiger partial charge in [0.05, 0.1) is 17.9 Å². The van der Waals surface area contributed by atoms with Crippen LogP contribution in [0.25, 0.3) is 0 Å². The van der Waals surface area contributed by atoms with Gasteiger partial charge in [0, 0.05) is 19.7 Å². The molecule has 6 heteroatoms. The number of nitrogens with zero attached hydrogens (tertiary/aromatic N) is 1. The first-order chi connectivity index (χ1) is 10.0. The maximum absolute atomic E-state index is 12.4. The molecular weight excluding hydrogens is 272 g/mol. The molecule has 1 aromatic rings. The molecule has 0 atom stereocenters. The van der Waals surface area contributed by atoms with Crippen LogP contribution in [-0.2, 0) is 4.74 Å². The Morgan fingerprint density at radius 1 is 1.43 bits per heavy atom. The fourth-order valence-electron chi connectivity index (χ4n) is 2.22. The highest BCUT2D eigenvalue weighted by molar-refractivity contribution is 6.01. The van der Waals surface area contributed by atoms with Crippen molar-refractivity contribution < 1.29 is 19.4 Å². The van der Waals surface area contributed by atoms with Gasteiger partial charge in [-0.1, -0.05) is 12.1 Å². The van der Waals surface area contributed by atoms with Gasteiger partial charge < -0.3 is 20.1 Å². The standard InChI is InChI=1S/C15H20N2O4/c1-10-4-3-5-12(14(18)19)13(10)16-15(20)17(8-9-21-2)11-6-7-11/h3-5,11H,6-9H2,1-2H3,(H,16,20)(H,18,19). The first-order valence-electron chi connectivity index (χ1n) is 6.94. The zero-order valence-corrected chi connectivity index (χ0v) is 12.3. The molecule has 2 amide bonds. The van der Waals surface area contributed by atoms with E-state index in [1.807, 2.05) is 0 Å². The Kier molecular flexibility index (Phi) is 4.80. The van der Waals surface area contributed by atoms with Crippen molar-refractivity contribution in [3.05, 3.63) is 29.3 Å². The quantitative estimate of drug-likeness (QED) is 0.843. The van der Waals surface area contributed by atoms with Crippen LogP contribution in [0.5, 0.6) is 0 Å². The lowest BCUT2D eigenvalue weighted by atomic mass is 10.1. The Labute approximate surface area is 123 Å². The summed E-state index contributed by atoms with van der Waals surface area (Å²) >= 11 is 0. The topological polar surface area (TPSA) is 78.9 Å². The SMILES string of the molecule is COCCN(C(=O)Nc1c(C)cccc1C(=O)O)C1CC1. The molecule has 0 aliphatic heterocycles. The van der Waals surface area contributed by atoms with Crippen LogP contribution in [0.3, 0.4) is 0 Å². The van der Waals surface area contributed by atoms with Crippen LogP contribution in [0.2, 0.25) is 0 Å². The first kappa shape index (κ1) is 15.3. The van der Waals surface area contributed by atoms with E-state index >= 15 is 0 Å². The third-order valence-corrected chi connectivity index (χ3v) is 3.52. The number of nitrogens with one attached hydrogen (secondary N) is 1. The van der Waals surface area contributed by atoms with E-state index in [2.05, 4.69) is 5.32 Å². The second-order valence-electron chi connectivity index (χ2n) is 5.15. The van der Waals surface area contributed by atoms with Gasteiger partial charge in [0.2, 0.25) is 0 Å². The number of aryl methyl sites for hydroxylation is 1. The average molecular weight is 292 g/mol. The second kappa shape index (κ2) is 6.58. The van der Waals surface area contributed by atoms with Crippen LogP contribution in [0.4, 0.5) is 10.5 Å². The molecule has 1 aliphatic rings. The van der Waals surface area contributed by atoms with E-state index < -0.39 is 5.97 Å². The van der Waals surface area contributed by atoms with Crippen molar-refractivity contribution in [2.45, 2.75) is 25.8 Å². The van der Waals surface area contributed by atoms with E-state index in [1.54, 1.807) is 31.1 Å². The Morgan fingerprint density at radius 2 is 2.14 bits per heavy atom. The Hall–Kier alpha value is -2.08. The number of anilines is 1. The van der Waals surface area contributed by atoms with Gasteiger partial charge in [0.1, 0.15) is 0 Å². The number of carbonyl (C=O) groups excluding carboxylic acids is 1. The number of carboxylic acids is 1. The maximum atomic E-state index is 12.4. The minimum Gasteiger partial charge on any atom is -0.478 e. The molecule has 2 rings (SSSR count). The van der Waals surface area contributed by atoms with Gasteiger partial charge in [-0.05, 0) is 31.4 Å². The molecular formula is C15H20N2O4. The molecule has 6 nitrogen and oxygen atoms in total. The van der Waals surface area contributed by atoms with Gasteiger partial charge in [-0.25, -0.2) is 9.59 Å². The number of ether oxygens (including phenoxy) is 1. The van der Waals surface area contributed by atoms with Gasteiger partial charge >= 0.3 is 12.0 Å². The molecule has 2 N–H and O–H groups in total. The van der Waals surface area contributed by atoms with Crippen molar-refractivity contribution in [2.24, 2.45) is 0 Å². The number of urea groups is 1. The third kappa shape index (κ3) is 3.72. The summed E-state index contributed by atoms with van der Waals surface area (Å²) in [6.07, 6.45) is 1.97. The van der Waals surface area contributed by atoms with Crippen molar-refractivity contribution in [2.75, 3.05) is 25.6 Å². The Morgan fingerprint density at radius 3 is 2.71 bits per heavy atom. The smallest absolute Gasteiger partial charge is 0.337 e. The molecule has 0 radical (unpaired) electrons. The number of hydrogen-bond donors (Lipinski definition) is 2. The number of carboxylic acid groups (broad SMARTS) is 1. The molecule has 0 unspecified atom stereocenters. The highest BCUT2D eigenvalue weighted by atomic mass is 16.5. The maximum Gasteiger partial charge on any atom is 0.337 e. The molecule has 1 aromatic carbocycles. The summed E-state index contributed by atoms with van der Waals surface area (Å²) in [7, 11) is 1.59. The van der Waals surface area contributed by atoms with Crippen LogP contribution in [0, 0.1) is 6.92 Å². The average Bonchev–Trinajstić information content (AvgIpc) is 3.26. The van der Waals surface area contributed by atoms with E-state index in [4.69, 9.17) is 4.74 Å². The molecule has 114 valence electrons. The van der Waals surface area contributed by atoms with Crippen LogP contribution in [0.15, 0.2) is 18.2 Å². The summed E-state index contributed by atoms with van der Waals surface area (Å²) in [6.45, 7) is 2.74. The number of rotatable bonds is 6. The molecule has 0 bridgehead atoms. The summed E-state index contributed by atoms with van der Waals surface area (Å²) in [5.41, 5.74) is 1.19. The van der Waals surface area contributed by atoms with Crippen LogP contribution < -0.4 is 5.32 Å². The number of para-hydroxylation sites is 1. The van der Waals surface area contributed by atoms with Gasteiger partial charge in [0.15, 0.2) is 0 Å². The van der Waals surface area contributed by atoms with Gasteiger partial charge in [-0.2, -0.15) is 0 Å². The monoisotopic (exact) mass is 292 g/mol. The molecule has 0 aromatic heterocycles. The lowest BCUT2D eigenvalue weighted by Gasteiger charge is -2.23. The minimum atomic E-state index is -1.05. The predicted molar refractivity (Wildman–Crippen MR) is 78.8 cm³/mol. The number of benzene rings is 1. The minimum absolute atomic E-state index is 0.103. The molecule has 1 saturated carbocycles. The molecule has 0 spiro atoms. The summed E-state index contributed by atoms with van der Waals surface area (Å²) in [5.74, 6) is -1.05. The normalized spacial score (nSPS) is 13.8. The molecule has 0 saturated heterocycles. The molecule has 1 fully saturated rings. The number of methoxy groups -OCH3 is 1. The van der Waals surface area contributed by atoms with Gasteiger partial charge in [-0.3, -0.25) is 0 Å². The van der Waals surface area contributed by atoms with Gasteiger partial charge in [-0.15, -0.1) is 0 Å². The summed E-state index contributed by atoms with van der Waals surface area (Å²) < 4.78 is 5.02. The molecule has 0 heterocycles. The van der Waals surface area contributed by atoms with E-state index in [9.17, 15) is 14.7 Å². The lowest BCUT2D eigenvalue weighted by molar-refractivity contribution is 0.0698. The van der Waals surface area contributed by atoms with Crippen molar-refractivity contribution >= 4 is 17.7 Å². The largest absolute Gasteiger partial charge is 0.478 e. The Balaban J connectivity index is 2.16. The summed E-state index contributed by atoms with van der Waals surface area (Å²) in [4.78, 5) is 25.4. The fraction of sp³-hybridized carbons (Fsp3) is 0.467. The number of amides is 2. The predicted octanol–water partition coefficient (Wildman–Crippen LogP) is 2.34. The lowest BCUT2D eigenvalue weighted by Crippen LogP contribution is -2.39. The molecule has 1 aliphatic carbocycles. The van der Waals surface area contributed by atoms with E-state index in [0.717, 1.165) is 18.4 Å². The number of carbonyl (C=O) groups is 2. The van der Waals surface area contributed by atoms with Crippen molar-refractivity contribution in [1.29, 1.82) is 0 Å². The van der Waals surface area contributed by atoms with Crippen LogP contribution >= 0.6 is 0 Å². The molecule has 21 heavy (non-hydrogen) atoms. The summed E-state index contributed by atoms with van der Waals surface area (Å²) in [5, 5.41) is 12.0. The third-order valence-electron chi connectivity index (χ3n) is 3.52. The highest BCUT2D eigenvalue weighted by Crippen LogP contribution is 2.28. The van der Waals surface area contributed by atoms with E-state index in [0.29, 0.717) is 18.8 Å². The zero-order chi connectivity index (χ0) is 15.4. The van der Waals surface area contributed by atoms with Crippen LogP contribution in [0.1, 0.15) is 28.8 Å². The number of aromatic carboxylic acids is 1. The van der Waals surface area contributed by atoms with Crippen molar-refractivity contribution in [3.8, 4) is 0 Å². The van der Waals surface area contributed by atoms with E-state index in [1.165, 1.54) is 6.07 Å². The van der Waals surface area contributed by atoms with Crippen molar-refractivity contribution in [3.63, 3.8) is 0 Å². The first-order valence-corrected chi connectivity index (χ1v) is 6.94. The zero-order valence-electron chi connectivity index (χ0n) is 12.3. The van der Waals surface area contributed by atoms with E-state index in [-0.39, 0.29) is 17.6 Å². The summed E-state index contributed by atoms with van der Waals surface area (Å²) in [6, 6.07) is 4.89. The fourth-order valence-corrected chi connectivity index (χ4v) is 2.22. The van der Waals surface area contributed by atoms with Gasteiger partial charge in [0.25, 0.3) is 0 Å². The number of hydrogen-bond acceptors (Lipinski definition) is 3. The second-order valence-corrected chi connectivity index (χ2v) is 5.15. The van der Waals surface area contributed by atoms with Crippen LogP contribution in [-0.4, -0.2) is 48.3 Å². The van der Waals surface area contributed by atoms with Crippen molar-refractivity contribution in [1.82, 2.24) is 4.90 Å².